The molecule has 0 aliphatic carbocycles. The van der Waals surface area contributed by atoms with Crippen LogP contribution in [0.2, 0.25) is 0 Å². The summed E-state index contributed by atoms with van der Waals surface area (Å²) in [6.45, 7) is 1.04. The van der Waals surface area contributed by atoms with Crippen LogP contribution in [0.15, 0.2) is 61.3 Å². The molecule has 2 atom stereocenters. The third kappa shape index (κ3) is 3.58. The Labute approximate surface area is 175 Å². The number of pyridine rings is 1. The van der Waals surface area contributed by atoms with E-state index in [1.165, 1.54) is 35.4 Å². The van der Waals surface area contributed by atoms with Crippen LogP contribution in [0.1, 0.15) is 12.0 Å². The minimum absolute atomic E-state index is 0.00489. The second-order valence-electron chi connectivity index (χ2n) is 7.52. The summed E-state index contributed by atoms with van der Waals surface area (Å²) in [6.07, 6.45) is 1.47. The number of hydrogen-bond acceptors (Lipinski definition) is 6. The molecule has 0 N–H and O–H groups in total. The molecule has 3 aromatic rings. The summed E-state index contributed by atoms with van der Waals surface area (Å²) in [6, 6.07) is 8.81. The van der Waals surface area contributed by atoms with Crippen LogP contribution < -0.4 is 9.80 Å². The zero-order chi connectivity index (χ0) is 21.6. The van der Waals surface area contributed by atoms with Gasteiger partial charge in [0.25, 0.3) is 0 Å². The van der Waals surface area contributed by atoms with Crippen molar-refractivity contribution in [3.05, 3.63) is 66.9 Å². The highest BCUT2D eigenvalue weighted by Gasteiger charge is 2.41. The standard InChI is InChI=1S/C21H18F3N5O2/c22-21(23,24)14-3-5-15(6-4-14)28-11-16-10-17(31-20(30)27-9-8-25-13-27)12-29(16)19-18(28)2-1-7-26-19/h1-9,13,16-17H,10-12H2/t16-,17-/m1/s1. The van der Waals surface area contributed by atoms with Crippen molar-refractivity contribution in [3.8, 4) is 0 Å². The van der Waals surface area contributed by atoms with Crippen LogP contribution in [0, 0.1) is 0 Å². The van der Waals surface area contributed by atoms with E-state index in [2.05, 4.69) is 14.9 Å². The summed E-state index contributed by atoms with van der Waals surface area (Å²) in [4.78, 5) is 24.7. The molecule has 2 aromatic heterocycles. The first-order valence-corrected chi connectivity index (χ1v) is 9.75. The Balaban J connectivity index is 1.39. The number of nitrogens with zero attached hydrogens (tertiary/aromatic N) is 5. The average Bonchev–Trinajstić information content (AvgIpc) is 3.42. The first-order valence-electron chi connectivity index (χ1n) is 9.75. The van der Waals surface area contributed by atoms with Crippen molar-refractivity contribution >= 4 is 23.3 Å². The Morgan fingerprint density at radius 3 is 2.61 bits per heavy atom. The van der Waals surface area contributed by atoms with Crippen molar-refractivity contribution in [1.29, 1.82) is 0 Å². The van der Waals surface area contributed by atoms with Crippen molar-refractivity contribution < 1.29 is 22.7 Å². The predicted molar refractivity (Wildman–Crippen MR) is 106 cm³/mol. The number of fused-ring (bicyclic) bond motifs is 3. The fraction of sp³-hybridized carbons (Fsp3) is 0.286. The van der Waals surface area contributed by atoms with Gasteiger partial charge in [0.15, 0.2) is 5.82 Å². The topological polar surface area (TPSA) is 63.5 Å². The summed E-state index contributed by atoms with van der Waals surface area (Å²) < 4.78 is 45.8. The normalized spacial score (nSPS) is 20.4. The van der Waals surface area contributed by atoms with Crippen molar-refractivity contribution in [1.82, 2.24) is 14.5 Å². The fourth-order valence-corrected chi connectivity index (χ4v) is 4.17. The number of anilines is 3. The summed E-state index contributed by atoms with van der Waals surface area (Å²) in [5.74, 6) is 0.722. The highest BCUT2D eigenvalue weighted by molar-refractivity contribution is 5.78. The van der Waals surface area contributed by atoms with Gasteiger partial charge in [-0.05, 0) is 36.4 Å². The van der Waals surface area contributed by atoms with Gasteiger partial charge in [0.1, 0.15) is 12.4 Å². The number of hydrogen-bond donors (Lipinski definition) is 0. The molecule has 0 spiro atoms. The van der Waals surface area contributed by atoms with E-state index in [9.17, 15) is 18.0 Å². The highest BCUT2D eigenvalue weighted by atomic mass is 19.4. The SMILES string of the molecule is O=C(O[C@@H]1C[C@@H]2CN(c3ccc(C(F)(F)F)cc3)c3cccnc3N2C1)n1ccnc1. The van der Waals surface area contributed by atoms with E-state index in [0.717, 1.165) is 23.6 Å². The van der Waals surface area contributed by atoms with E-state index in [0.29, 0.717) is 25.2 Å². The van der Waals surface area contributed by atoms with Crippen LogP contribution in [0.5, 0.6) is 0 Å². The molecule has 7 nitrogen and oxygen atoms in total. The smallest absolute Gasteiger partial charge is 0.419 e. The number of alkyl halides is 3. The summed E-state index contributed by atoms with van der Waals surface area (Å²) in [7, 11) is 0. The number of carbonyl (C=O) groups is 1. The van der Waals surface area contributed by atoms with Gasteiger partial charge < -0.3 is 14.5 Å². The molecule has 160 valence electrons. The number of carbonyl (C=O) groups excluding carboxylic acids is 1. The summed E-state index contributed by atoms with van der Waals surface area (Å²) in [5, 5.41) is 0. The third-order valence-electron chi connectivity index (χ3n) is 5.59. The molecular formula is C21H18F3N5O2. The monoisotopic (exact) mass is 429 g/mol. The van der Waals surface area contributed by atoms with Gasteiger partial charge in [-0.3, -0.25) is 0 Å². The molecule has 4 heterocycles. The zero-order valence-electron chi connectivity index (χ0n) is 16.2. The minimum atomic E-state index is -4.38. The van der Waals surface area contributed by atoms with Gasteiger partial charge in [0.2, 0.25) is 0 Å². The molecule has 5 rings (SSSR count). The van der Waals surface area contributed by atoms with Crippen molar-refractivity contribution in [3.63, 3.8) is 0 Å². The van der Waals surface area contributed by atoms with Crippen LogP contribution in [0.25, 0.3) is 0 Å². The quantitative estimate of drug-likeness (QED) is 0.612. The lowest BCUT2D eigenvalue weighted by molar-refractivity contribution is -0.137. The number of halogens is 3. The van der Waals surface area contributed by atoms with Crippen molar-refractivity contribution in [2.45, 2.75) is 24.7 Å². The Morgan fingerprint density at radius 1 is 1.10 bits per heavy atom. The summed E-state index contributed by atoms with van der Waals surface area (Å²) in [5.41, 5.74) is 0.773. The van der Waals surface area contributed by atoms with Crippen LogP contribution in [0.4, 0.5) is 35.2 Å². The molecule has 0 saturated carbocycles. The van der Waals surface area contributed by atoms with Crippen LogP contribution in [-0.4, -0.2) is 45.9 Å². The van der Waals surface area contributed by atoms with Gasteiger partial charge in [-0.15, -0.1) is 0 Å². The van der Waals surface area contributed by atoms with E-state index >= 15 is 0 Å². The van der Waals surface area contributed by atoms with Gasteiger partial charge in [0.05, 0.1) is 23.8 Å². The lowest BCUT2D eigenvalue weighted by Crippen LogP contribution is -2.44. The molecule has 31 heavy (non-hydrogen) atoms. The average molecular weight is 429 g/mol. The molecule has 1 aromatic carbocycles. The molecule has 0 unspecified atom stereocenters. The zero-order valence-corrected chi connectivity index (χ0v) is 16.2. The number of imidazole rings is 1. The Bertz CT molecular complexity index is 1090. The lowest BCUT2D eigenvalue weighted by Gasteiger charge is -2.40. The molecule has 1 saturated heterocycles. The lowest BCUT2D eigenvalue weighted by atomic mass is 10.1. The maximum Gasteiger partial charge on any atom is 0.419 e. The minimum Gasteiger partial charge on any atom is -0.444 e. The number of ether oxygens (including phenoxy) is 1. The molecule has 1 fully saturated rings. The number of benzene rings is 1. The van der Waals surface area contributed by atoms with Gasteiger partial charge in [-0.2, -0.15) is 13.2 Å². The number of rotatable bonds is 2. The van der Waals surface area contributed by atoms with Crippen LogP contribution >= 0.6 is 0 Å². The first-order chi connectivity index (χ1) is 14.9. The maximum atomic E-state index is 12.9. The van der Waals surface area contributed by atoms with E-state index < -0.39 is 17.8 Å². The van der Waals surface area contributed by atoms with Crippen LogP contribution in [-0.2, 0) is 10.9 Å². The van der Waals surface area contributed by atoms with Crippen molar-refractivity contribution in [2.75, 3.05) is 22.9 Å². The van der Waals surface area contributed by atoms with Gasteiger partial charge in [0, 0.05) is 37.2 Å². The Hall–Kier alpha value is -3.56. The second-order valence-corrected chi connectivity index (χ2v) is 7.52. The fourth-order valence-electron chi connectivity index (χ4n) is 4.17. The number of aromatic nitrogens is 3. The molecule has 2 aliphatic rings. The van der Waals surface area contributed by atoms with Gasteiger partial charge in [-0.1, -0.05) is 0 Å². The molecular weight excluding hydrogens is 411 g/mol. The van der Waals surface area contributed by atoms with E-state index in [1.54, 1.807) is 12.3 Å². The van der Waals surface area contributed by atoms with Gasteiger partial charge in [-0.25, -0.2) is 19.3 Å². The maximum absolute atomic E-state index is 12.9. The second kappa shape index (κ2) is 7.29. The highest BCUT2D eigenvalue weighted by Crippen LogP contribution is 2.42. The third-order valence-corrected chi connectivity index (χ3v) is 5.59. The molecule has 0 radical (unpaired) electrons. The van der Waals surface area contributed by atoms with E-state index in [4.69, 9.17) is 4.74 Å². The molecule has 0 bridgehead atoms. The van der Waals surface area contributed by atoms with Gasteiger partial charge >= 0.3 is 12.3 Å². The predicted octanol–water partition coefficient (Wildman–Crippen LogP) is 4.08. The molecule has 0 amide bonds. The molecule has 10 heteroatoms. The molecule has 2 aliphatic heterocycles. The van der Waals surface area contributed by atoms with E-state index in [1.807, 2.05) is 11.0 Å². The van der Waals surface area contributed by atoms with Crippen LogP contribution in [0.3, 0.4) is 0 Å². The van der Waals surface area contributed by atoms with Crippen molar-refractivity contribution in [2.24, 2.45) is 0 Å². The Kier molecular flexibility index (Phi) is 4.57. The summed E-state index contributed by atoms with van der Waals surface area (Å²) >= 11 is 0. The Morgan fingerprint density at radius 2 is 1.90 bits per heavy atom. The van der Waals surface area contributed by atoms with E-state index in [-0.39, 0.29) is 12.1 Å². The first kappa shape index (κ1) is 19.4. The largest absolute Gasteiger partial charge is 0.444 e.